The van der Waals surface area contributed by atoms with Crippen LogP contribution >= 0.6 is 0 Å². The molecule has 0 saturated carbocycles. The second-order valence-corrected chi connectivity index (χ2v) is 8.70. The van der Waals surface area contributed by atoms with Gasteiger partial charge in [-0.1, -0.05) is 39.0 Å². The molecule has 0 fully saturated rings. The van der Waals surface area contributed by atoms with Crippen molar-refractivity contribution in [1.82, 2.24) is 5.32 Å². The van der Waals surface area contributed by atoms with Crippen molar-refractivity contribution in [1.29, 1.82) is 0 Å². The third-order valence-corrected chi connectivity index (χ3v) is 5.49. The molecule has 1 heterocycles. The number of rotatable bonds is 7. The highest BCUT2D eigenvalue weighted by molar-refractivity contribution is 6.04. The first-order valence-corrected chi connectivity index (χ1v) is 10.5. The summed E-state index contributed by atoms with van der Waals surface area (Å²) < 4.78 is 25.6. The lowest BCUT2D eigenvalue weighted by molar-refractivity contribution is -0.141. The van der Waals surface area contributed by atoms with E-state index in [1.165, 1.54) is 6.07 Å². The minimum absolute atomic E-state index is 0.0638. The number of carbonyl (C=O) groups is 2. The molecule has 6 heteroatoms. The minimum atomic E-state index is -0.782. The van der Waals surface area contributed by atoms with Crippen molar-refractivity contribution in [3.63, 3.8) is 0 Å². The minimum Gasteiger partial charge on any atom is -0.460 e. The van der Waals surface area contributed by atoms with E-state index in [4.69, 9.17) is 9.47 Å². The van der Waals surface area contributed by atoms with Crippen LogP contribution in [0.15, 0.2) is 46.8 Å². The van der Waals surface area contributed by atoms with Crippen molar-refractivity contribution in [2.45, 2.75) is 52.9 Å². The van der Waals surface area contributed by atoms with Crippen LogP contribution in [0.5, 0.6) is 0 Å². The first kappa shape index (κ1) is 22.2. The van der Waals surface area contributed by atoms with Crippen molar-refractivity contribution < 1.29 is 23.5 Å². The number of nitrogens with one attached hydrogen (secondary N) is 1. The molecule has 0 amide bonds. The number of Topliss-reactive ketones (excluding diaryl/α,β-unsaturated/α-hetero) is 1. The molecule has 5 nitrogen and oxygen atoms in total. The fraction of sp³-hybridized carbons (Fsp3) is 0.500. The molecule has 30 heavy (non-hydrogen) atoms. The zero-order valence-corrected chi connectivity index (χ0v) is 18.1. The Kier molecular flexibility index (Phi) is 6.76. The predicted octanol–water partition coefficient (Wildman–Crippen LogP) is 4.40. The van der Waals surface area contributed by atoms with Gasteiger partial charge in [0.2, 0.25) is 0 Å². The summed E-state index contributed by atoms with van der Waals surface area (Å²) in [6.07, 6.45) is 1.89. The van der Waals surface area contributed by atoms with Gasteiger partial charge in [-0.05, 0) is 31.2 Å². The largest absolute Gasteiger partial charge is 0.460 e. The molecule has 0 saturated heterocycles. The molecule has 0 bridgehead atoms. The summed E-state index contributed by atoms with van der Waals surface area (Å²) in [4.78, 5) is 26.1. The molecular formula is C24H30FNO4. The van der Waals surface area contributed by atoms with Gasteiger partial charge in [0.05, 0.1) is 18.1 Å². The Morgan fingerprint density at radius 2 is 1.93 bits per heavy atom. The summed E-state index contributed by atoms with van der Waals surface area (Å²) in [5, 5.41) is 3.25. The van der Waals surface area contributed by atoms with Gasteiger partial charge in [0.25, 0.3) is 0 Å². The molecule has 1 atom stereocenters. The zero-order valence-electron chi connectivity index (χ0n) is 18.1. The predicted molar refractivity (Wildman–Crippen MR) is 112 cm³/mol. The summed E-state index contributed by atoms with van der Waals surface area (Å²) in [7, 11) is 0. The normalized spacial score (nSPS) is 20.7. The number of allylic oxidation sites excluding steroid dienone is 3. The number of hydrogen-bond acceptors (Lipinski definition) is 5. The fourth-order valence-corrected chi connectivity index (χ4v) is 4.24. The smallest absolute Gasteiger partial charge is 0.336 e. The van der Waals surface area contributed by atoms with E-state index in [-0.39, 0.29) is 23.4 Å². The standard InChI is InChI=1S/C24H30FNO4/c1-5-10-29-11-12-30-23(28)20-15(2)26-18-13-24(3,4)14-19(27)22(18)21(20)16-8-6-7-9-17(16)25/h6-9,21,26H,5,10-14H2,1-4H3/t21-/m0/s1. The van der Waals surface area contributed by atoms with Gasteiger partial charge in [0.15, 0.2) is 5.78 Å². The summed E-state index contributed by atoms with van der Waals surface area (Å²) in [6, 6.07) is 6.30. The average Bonchev–Trinajstić information content (AvgIpc) is 2.66. The summed E-state index contributed by atoms with van der Waals surface area (Å²) >= 11 is 0. The van der Waals surface area contributed by atoms with E-state index in [0.717, 1.165) is 12.1 Å². The van der Waals surface area contributed by atoms with E-state index in [9.17, 15) is 14.0 Å². The Morgan fingerprint density at radius 1 is 1.20 bits per heavy atom. The second-order valence-electron chi connectivity index (χ2n) is 8.70. The molecule has 1 aromatic carbocycles. The Bertz CT molecular complexity index is 900. The number of benzene rings is 1. The fourth-order valence-electron chi connectivity index (χ4n) is 4.24. The number of esters is 1. The van der Waals surface area contributed by atoms with Crippen molar-refractivity contribution in [3.05, 3.63) is 58.2 Å². The van der Waals surface area contributed by atoms with Crippen LogP contribution in [0.25, 0.3) is 0 Å². The number of dihydropyridines is 1. The van der Waals surface area contributed by atoms with Crippen molar-refractivity contribution >= 4 is 11.8 Å². The molecular weight excluding hydrogens is 385 g/mol. The monoisotopic (exact) mass is 415 g/mol. The number of hydrogen-bond donors (Lipinski definition) is 1. The van der Waals surface area contributed by atoms with Crippen LogP contribution in [-0.2, 0) is 19.1 Å². The summed E-state index contributed by atoms with van der Waals surface area (Å²) in [6.45, 7) is 8.84. The molecule has 1 N–H and O–H groups in total. The topological polar surface area (TPSA) is 64.6 Å². The molecule has 1 aliphatic carbocycles. The van der Waals surface area contributed by atoms with E-state index in [1.807, 2.05) is 20.8 Å². The van der Waals surface area contributed by atoms with E-state index in [2.05, 4.69) is 5.32 Å². The van der Waals surface area contributed by atoms with Gasteiger partial charge in [-0.15, -0.1) is 0 Å². The molecule has 2 aliphatic rings. The molecule has 1 aliphatic heterocycles. The van der Waals surface area contributed by atoms with Crippen LogP contribution in [0.1, 0.15) is 58.4 Å². The van der Waals surface area contributed by atoms with E-state index in [0.29, 0.717) is 42.9 Å². The lowest BCUT2D eigenvalue weighted by Crippen LogP contribution is -2.39. The average molecular weight is 416 g/mol. The Balaban J connectivity index is 1.98. The van der Waals surface area contributed by atoms with Crippen molar-refractivity contribution in [2.24, 2.45) is 5.41 Å². The second kappa shape index (κ2) is 9.13. The SMILES string of the molecule is CCCOCCOC(=O)C1=C(C)NC2=C(C(=O)CC(C)(C)C2)[C@H]1c1ccccc1F. The summed E-state index contributed by atoms with van der Waals surface area (Å²) in [5.74, 6) is -1.85. The molecule has 0 spiro atoms. The molecule has 1 aromatic rings. The maximum absolute atomic E-state index is 14.8. The van der Waals surface area contributed by atoms with Gasteiger partial charge in [-0.25, -0.2) is 9.18 Å². The number of halogens is 1. The van der Waals surface area contributed by atoms with Gasteiger partial charge in [-0.2, -0.15) is 0 Å². The molecule has 0 aromatic heterocycles. The van der Waals surface area contributed by atoms with Crippen LogP contribution in [0.4, 0.5) is 4.39 Å². The van der Waals surface area contributed by atoms with E-state index in [1.54, 1.807) is 25.1 Å². The highest BCUT2D eigenvalue weighted by atomic mass is 19.1. The lowest BCUT2D eigenvalue weighted by Gasteiger charge is -2.39. The lowest BCUT2D eigenvalue weighted by atomic mass is 9.68. The highest BCUT2D eigenvalue weighted by Gasteiger charge is 2.43. The maximum atomic E-state index is 14.8. The van der Waals surface area contributed by atoms with Gasteiger partial charge >= 0.3 is 5.97 Å². The van der Waals surface area contributed by atoms with E-state index < -0.39 is 17.7 Å². The molecule has 3 rings (SSSR count). The van der Waals surface area contributed by atoms with Gasteiger partial charge in [0.1, 0.15) is 12.4 Å². The molecule has 0 unspecified atom stereocenters. The van der Waals surface area contributed by atoms with Crippen molar-refractivity contribution in [3.8, 4) is 0 Å². The first-order valence-electron chi connectivity index (χ1n) is 10.5. The summed E-state index contributed by atoms with van der Waals surface area (Å²) in [5.41, 5.74) is 2.23. The van der Waals surface area contributed by atoms with Gasteiger partial charge in [0, 0.05) is 35.6 Å². The van der Waals surface area contributed by atoms with Crippen molar-refractivity contribution in [2.75, 3.05) is 19.8 Å². The van der Waals surface area contributed by atoms with Crippen LogP contribution in [0.3, 0.4) is 0 Å². The van der Waals surface area contributed by atoms with E-state index >= 15 is 0 Å². The Morgan fingerprint density at radius 3 is 2.63 bits per heavy atom. The first-order chi connectivity index (χ1) is 14.2. The quantitative estimate of drug-likeness (QED) is 0.528. The molecule has 162 valence electrons. The number of carbonyl (C=O) groups excluding carboxylic acids is 2. The maximum Gasteiger partial charge on any atom is 0.336 e. The van der Waals surface area contributed by atoms with Gasteiger partial charge in [-0.3, -0.25) is 4.79 Å². The van der Waals surface area contributed by atoms with Crippen LogP contribution in [0, 0.1) is 11.2 Å². The zero-order chi connectivity index (χ0) is 21.9. The third-order valence-electron chi connectivity index (χ3n) is 5.49. The highest BCUT2D eigenvalue weighted by Crippen LogP contribution is 2.47. The molecule has 0 radical (unpaired) electrons. The number of ketones is 1. The number of ether oxygens (including phenoxy) is 2. The van der Waals surface area contributed by atoms with Crippen LogP contribution < -0.4 is 5.32 Å². The van der Waals surface area contributed by atoms with Crippen LogP contribution in [-0.4, -0.2) is 31.6 Å². The Labute approximate surface area is 177 Å². The van der Waals surface area contributed by atoms with Gasteiger partial charge < -0.3 is 14.8 Å². The third kappa shape index (κ3) is 4.64. The Hall–Kier alpha value is -2.47. The van der Waals surface area contributed by atoms with Crippen LogP contribution in [0.2, 0.25) is 0 Å².